The summed E-state index contributed by atoms with van der Waals surface area (Å²) in [7, 11) is 0. The molecule has 0 atom stereocenters. The van der Waals surface area contributed by atoms with E-state index in [4.69, 9.17) is 10.5 Å². The molecule has 4 nitrogen and oxygen atoms in total. The van der Waals surface area contributed by atoms with E-state index in [0.29, 0.717) is 5.69 Å². The van der Waals surface area contributed by atoms with E-state index >= 15 is 0 Å². The van der Waals surface area contributed by atoms with Gasteiger partial charge in [0.25, 0.3) is 0 Å². The van der Waals surface area contributed by atoms with Gasteiger partial charge in [0, 0.05) is 16.6 Å². The number of rotatable bonds is 5. The fourth-order valence-corrected chi connectivity index (χ4v) is 3.92. The Morgan fingerprint density at radius 2 is 1.95 bits per heavy atom. The van der Waals surface area contributed by atoms with Crippen LogP contribution < -0.4 is 10.5 Å². The molecule has 0 saturated carbocycles. The standard InChI is InChI=1S/C12H15N3OS3/c1-7(2)16-9-4-8(13)5-10(6-9)18-12-15-14-11(17-3)19-12/h4-7H,13H2,1-3H3. The first-order chi connectivity index (χ1) is 9.06. The van der Waals surface area contributed by atoms with Gasteiger partial charge in [0.1, 0.15) is 5.75 Å². The molecule has 1 aromatic heterocycles. The highest BCUT2D eigenvalue weighted by Gasteiger charge is 2.08. The predicted molar refractivity (Wildman–Crippen MR) is 82.4 cm³/mol. The van der Waals surface area contributed by atoms with Crippen molar-refractivity contribution in [1.82, 2.24) is 10.2 Å². The van der Waals surface area contributed by atoms with Crippen LogP contribution in [0.3, 0.4) is 0 Å². The highest BCUT2D eigenvalue weighted by atomic mass is 32.2. The number of hydrogen-bond donors (Lipinski definition) is 1. The minimum Gasteiger partial charge on any atom is -0.491 e. The topological polar surface area (TPSA) is 61.0 Å². The second-order valence-corrected chi connectivity index (χ2v) is 7.40. The van der Waals surface area contributed by atoms with Gasteiger partial charge >= 0.3 is 0 Å². The van der Waals surface area contributed by atoms with Gasteiger partial charge in [-0.25, -0.2) is 0 Å². The van der Waals surface area contributed by atoms with Gasteiger partial charge in [-0.3, -0.25) is 0 Å². The molecule has 0 aliphatic heterocycles. The number of anilines is 1. The Kier molecular flexibility index (Phi) is 4.95. The molecular weight excluding hydrogens is 298 g/mol. The van der Waals surface area contributed by atoms with E-state index in [1.165, 1.54) is 0 Å². The lowest BCUT2D eigenvalue weighted by Crippen LogP contribution is -2.05. The first-order valence-electron chi connectivity index (χ1n) is 5.69. The van der Waals surface area contributed by atoms with Crippen LogP contribution >= 0.6 is 34.9 Å². The maximum atomic E-state index is 5.89. The molecule has 7 heteroatoms. The summed E-state index contributed by atoms with van der Waals surface area (Å²) in [5.41, 5.74) is 6.58. The van der Waals surface area contributed by atoms with Crippen LogP contribution in [0.1, 0.15) is 13.8 Å². The van der Waals surface area contributed by atoms with E-state index in [1.54, 1.807) is 34.9 Å². The number of thioether (sulfide) groups is 1. The zero-order valence-electron chi connectivity index (χ0n) is 10.9. The Balaban J connectivity index is 2.17. The monoisotopic (exact) mass is 313 g/mol. The van der Waals surface area contributed by atoms with Crippen LogP contribution in [0.25, 0.3) is 0 Å². The van der Waals surface area contributed by atoms with Gasteiger partial charge in [-0.2, -0.15) is 0 Å². The molecule has 0 aliphatic rings. The van der Waals surface area contributed by atoms with Crippen molar-refractivity contribution in [1.29, 1.82) is 0 Å². The quantitative estimate of drug-likeness (QED) is 0.669. The zero-order valence-corrected chi connectivity index (χ0v) is 13.4. The summed E-state index contributed by atoms with van der Waals surface area (Å²) in [4.78, 5) is 1.01. The van der Waals surface area contributed by atoms with E-state index in [2.05, 4.69) is 10.2 Å². The number of nitrogens with zero attached hydrogens (tertiary/aromatic N) is 2. The van der Waals surface area contributed by atoms with Crippen LogP contribution in [0.5, 0.6) is 5.75 Å². The number of nitrogen functional groups attached to an aromatic ring is 1. The molecule has 19 heavy (non-hydrogen) atoms. The third-order valence-corrected chi connectivity index (χ3v) is 4.96. The third kappa shape index (κ3) is 4.29. The molecule has 0 unspecified atom stereocenters. The van der Waals surface area contributed by atoms with Crippen LogP contribution in [-0.4, -0.2) is 22.6 Å². The van der Waals surface area contributed by atoms with Crippen molar-refractivity contribution < 1.29 is 4.74 Å². The Labute approximate surface area is 125 Å². The van der Waals surface area contributed by atoms with Gasteiger partial charge in [-0.15, -0.1) is 10.2 Å². The van der Waals surface area contributed by atoms with Crippen molar-refractivity contribution in [2.24, 2.45) is 0 Å². The molecular formula is C12H15N3OS3. The van der Waals surface area contributed by atoms with Crippen LogP contribution in [0, 0.1) is 0 Å². The van der Waals surface area contributed by atoms with Gasteiger partial charge < -0.3 is 10.5 Å². The first-order valence-corrected chi connectivity index (χ1v) is 8.55. The van der Waals surface area contributed by atoms with Crippen molar-refractivity contribution in [2.75, 3.05) is 12.0 Å². The summed E-state index contributed by atoms with van der Waals surface area (Å²) in [6.45, 7) is 3.98. The molecule has 0 amide bonds. The fourth-order valence-electron chi connectivity index (χ4n) is 1.41. The van der Waals surface area contributed by atoms with Gasteiger partial charge in [-0.1, -0.05) is 34.9 Å². The molecule has 1 heterocycles. The van der Waals surface area contributed by atoms with E-state index in [9.17, 15) is 0 Å². The Hall–Kier alpha value is -0.920. The SMILES string of the molecule is CSc1nnc(Sc2cc(N)cc(OC(C)C)c2)s1. The molecule has 0 bridgehead atoms. The molecule has 2 N–H and O–H groups in total. The van der Waals surface area contributed by atoms with Gasteiger partial charge in [0.05, 0.1) is 6.10 Å². The fraction of sp³-hybridized carbons (Fsp3) is 0.333. The van der Waals surface area contributed by atoms with Crippen LogP contribution in [0.15, 0.2) is 31.8 Å². The average molecular weight is 313 g/mol. The summed E-state index contributed by atoms with van der Waals surface area (Å²) < 4.78 is 7.54. The van der Waals surface area contributed by atoms with Crippen molar-refractivity contribution >= 4 is 40.5 Å². The number of nitrogens with two attached hydrogens (primary N) is 1. The summed E-state index contributed by atoms with van der Waals surface area (Å²) in [5.74, 6) is 0.784. The average Bonchev–Trinajstić information content (AvgIpc) is 2.74. The lowest BCUT2D eigenvalue weighted by molar-refractivity contribution is 0.242. The highest BCUT2D eigenvalue weighted by Crippen LogP contribution is 2.35. The summed E-state index contributed by atoms with van der Waals surface area (Å²) in [6, 6.07) is 5.72. The van der Waals surface area contributed by atoms with Gasteiger partial charge in [0.15, 0.2) is 8.68 Å². The maximum Gasteiger partial charge on any atom is 0.179 e. The predicted octanol–water partition coefficient (Wildman–Crippen LogP) is 3.78. The number of hydrogen-bond acceptors (Lipinski definition) is 7. The smallest absolute Gasteiger partial charge is 0.179 e. The summed E-state index contributed by atoms with van der Waals surface area (Å²) in [5, 5.41) is 8.20. The minimum absolute atomic E-state index is 0.129. The summed E-state index contributed by atoms with van der Waals surface area (Å²) in [6.07, 6.45) is 2.12. The van der Waals surface area contributed by atoms with E-state index in [-0.39, 0.29) is 6.10 Å². The van der Waals surface area contributed by atoms with E-state index in [0.717, 1.165) is 19.3 Å². The molecule has 0 fully saturated rings. The lowest BCUT2D eigenvalue weighted by Gasteiger charge is -2.11. The Morgan fingerprint density at radius 1 is 1.21 bits per heavy atom. The number of aromatic nitrogens is 2. The van der Waals surface area contributed by atoms with Crippen molar-refractivity contribution in [3.05, 3.63) is 18.2 Å². The second-order valence-electron chi connectivity index (χ2n) is 4.04. The van der Waals surface area contributed by atoms with E-state index < -0.39 is 0 Å². The van der Waals surface area contributed by atoms with Crippen LogP contribution in [0.2, 0.25) is 0 Å². The first kappa shape index (κ1) is 14.5. The van der Waals surface area contributed by atoms with Crippen molar-refractivity contribution in [3.63, 3.8) is 0 Å². The zero-order chi connectivity index (χ0) is 13.8. The van der Waals surface area contributed by atoms with E-state index in [1.807, 2.05) is 38.3 Å². The van der Waals surface area contributed by atoms with Crippen LogP contribution in [-0.2, 0) is 0 Å². The molecule has 2 rings (SSSR count). The molecule has 2 aromatic rings. The second kappa shape index (κ2) is 6.49. The molecule has 0 spiro atoms. The van der Waals surface area contributed by atoms with Crippen LogP contribution in [0.4, 0.5) is 5.69 Å². The molecule has 1 aromatic carbocycles. The van der Waals surface area contributed by atoms with Gasteiger partial charge in [0.2, 0.25) is 0 Å². The highest BCUT2D eigenvalue weighted by molar-refractivity contribution is 8.03. The molecule has 102 valence electrons. The normalized spacial score (nSPS) is 10.9. The molecule has 0 radical (unpaired) electrons. The Bertz CT molecular complexity index is 557. The molecule has 0 aliphatic carbocycles. The molecule has 0 saturated heterocycles. The lowest BCUT2D eigenvalue weighted by atomic mass is 10.3. The minimum atomic E-state index is 0.129. The number of ether oxygens (including phenoxy) is 1. The van der Waals surface area contributed by atoms with Gasteiger partial charge in [-0.05, 0) is 32.2 Å². The van der Waals surface area contributed by atoms with Crippen molar-refractivity contribution in [3.8, 4) is 5.75 Å². The number of benzene rings is 1. The van der Waals surface area contributed by atoms with Crippen molar-refractivity contribution in [2.45, 2.75) is 33.5 Å². The maximum absolute atomic E-state index is 5.89. The summed E-state index contributed by atoms with van der Waals surface area (Å²) >= 11 is 4.72. The largest absolute Gasteiger partial charge is 0.491 e. The third-order valence-electron chi connectivity index (χ3n) is 2.04. The Morgan fingerprint density at radius 3 is 2.58 bits per heavy atom.